The first-order valence-electron chi connectivity index (χ1n) is 7.53. The minimum absolute atomic E-state index is 0.0156. The first kappa shape index (κ1) is 15.5. The molecule has 23 heavy (non-hydrogen) atoms. The topological polar surface area (TPSA) is 45.2 Å². The molecule has 0 radical (unpaired) electrons. The molecule has 0 atom stereocenters. The maximum Gasteiger partial charge on any atom is 0.224 e. The number of thiazole rings is 1. The van der Waals surface area contributed by atoms with Crippen LogP contribution in [0.5, 0.6) is 0 Å². The SMILES string of the molecule is CN(C)c1ccc(NC(=O)CCc2nc3ccccc3s2)cc1. The number of carbonyl (C=O) groups is 1. The lowest BCUT2D eigenvalue weighted by atomic mass is 10.2. The maximum absolute atomic E-state index is 12.1. The highest BCUT2D eigenvalue weighted by molar-refractivity contribution is 7.18. The minimum Gasteiger partial charge on any atom is -0.378 e. The largest absolute Gasteiger partial charge is 0.378 e. The predicted molar refractivity (Wildman–Crippen MR) is 97.3 cm³/mol. The lowest BCUT2D eigenvalue weighted by Gasteiger charge is -2.13. The summed E-state index contributed by atoms with van der Waals surface area (Å²) in [6.45, 7) is 0. The van der Waals surface area contributed by atoms with Crippen molar-refractivity contribution < 1.29 is 4.79 Å². The summed E-state index contributed by atoms with van der Waals surface area (Å²) in [7, 11) is 3.98. The predicted octanol–water partition coefficient (Wildman–Crippen LogP) is 3.93. The summed E-state index contributed by atoms with van der Waals surface area (Å²) in [6.07, 6.45) is 1.11. The van der Waals surface area contributed by atoms with Crippen LogP contribution in [0.25, 0.3) is 10.2 Å². The van der Waals surface area contributed by atoms with Crippen molar-refractivity contribution in [2.45, 2.75) is 12.8 Å². The second kappa shape index (κ2) is 6.79. The Morgan fingerprint density at radius 3 is 2.57 bits per heavy atom. The zero-order valence-corrected chi connectivity index (χ0v) is 14.1. The summed E-state index contributed by atoms with van der Waals surface area (Å²) in [6, 6.07) is 15.9. The van der Waals surface area contributed by atoms with Crippen LogP contribution >= 0.6 is 11.3 Å². The van der Waals surface area contributed by atoms with E-state index in [9.17, 15) is 4.79 Å². The first-order valence-corrected chi connectivity index (χ1v) is 8.35. The van der Waals surface area contributed by atoms with E-state index in [2.05, 4.69) is 16.4 Å². The summed E-state index contributed by atoms with van der Waals surface area (Å²) >= 11 is 1.65. The molecule has 1 aromatic heterocycles. The molecule has 1 amide bonds. The number of benzene rings is 2. The molecule has 5 heteroatoms. The number of rotatable bonds is 5. The van der Waals surface area contributed by atoms with E-state index in [0.29, 0.717) is 12.8 Å². The van der Waals surface area contributed by atoms with Crippen LogP contribution in [0.4, 0.5) is 11.4 Å². The van der Waals surface area contributed by atoms with Gasteiger partial charge in [-0.15, -0.1) is 11.3 Å². The van der Waals surface area contributed by atoms with Gasteiger partial charge in [-0.05, 0) is 36.4 Å². The lowest BCUT2D eigenvalue weighted by Crippen LogP contribution is -2.13. The third kappa shape index (κ3) is 3.87. The van der Waals surface area contributed by atoms with Crippen LogP contribution in [0.3, 0.4) is 0 Å². The van der Waals surface area contributed by atoms with Crippen molar-refractivity contribution in [3.05, 3.63) is 53.5 Å². The molecule has 4 nitrogen and oxygen atoms in total. The highest BCUT2D eigenvalue weighted by Crippen LogP contribution is 2.22. The summed E-state index contributed by atoms with van der Waals surface area (Å²) in [5, 5.41) is 3.94. The zero-order chi connectivity index (χ0) is 16.2. The van der Waals surface area contributed by atoms with Gasteiger partial charge in [-0.3, -0.25) is 4.79 Å². The first-order chi connectivity index (χ1) is 11.1. The van der Waals surface area contributed by atoms with Gasteiger partial charge in [0.1, 0.15) is 0 Å². The zero-order valence-electron chi connectivity index (χ0n) is 13.2. The smallest absolute Gasteiger partial charge is 0.224 e. The molecular weight excluding hydrogens is 306 g/mol. The molecule has 0 saturated heterocycles. The van der Waals surface area contributed by atoms with E-state index in [1.165, 1.54) is 4.70 Å². The van der Waals surface area contributed by atoms with Crippen LogP contribution in [0.2, 0.25) is 0 Å². The highest BCUT2D eigenvalue weighted by atomic mass is 32.1. The highest BCUT2D eigenvalue weighted by Gasteiger charge is 2.07. The molecule has 1 N–H and O–H groups in total. The second-order valence-corrected chi connectivity index (χ2v) is 6.68. The van der Waals surface area contributed by atoms with E-state index in [1.807, 2.05) is 61.5 Å². The van der Waals surface area contributed by atoms with Gasteiger partial charge in [-0.2, -0.15) is 0 Å². The Morgan fingerprint density at radius 1 is 1.13 bits per heavy atom. The average Bonchev–Trinajstić information content (AvgIpc) is 2.96. The minimum atomic E-state index is 0.0156. The summed E-state index contributed by atoms with van der Waals surface area (Å²) < 4.78 is 1.17. The Labute approximate surface area is 139 Å². The average molecular weight is 325 g/mol. The van der Waals surface area contributed by atoms with Crippen molar-refractivity contribution >= 4 is 38.8 Å². The molecule has 0 bridgehead atoms. The van der Waals surface area contributed by atoms with E-state index < -0.39 is 0 Å². The normalized spacial score (nSPS) is 10.7. The van der Waals surface area contributed by atoms with E-state index in [-0.39, 0.29) is 5.91 Å². The Bertz CT molecular complexity index is 776. The molecule has 0 spiro atoms. The molecule has 0 unspecified atom stereocenters. The van der Waals surface area contributed by atoms with Gasteiger partial charge in [0.15, 0.2) is 0 Å². The fourth-order valence-corrected chi connectivity index (χ4v) is 3.28. The number of amides is 1. The van der Waals surface area contributed by atoms with Crippen LogP contribution < -0.4 is 10.2 Å². The number of aromatic nitrogens is 1. The van der Waals surface area contributed by atoms with Gasteiger partial charge in [0.25, 0.3) is 0 Å². The molecule has 2 aromatic carbocycles. The number of nitrogens with one attached hydrogen (secondary N) is 1. The Morgan fingerprint density at radius 2 is 1.87 bits per heavy atom. The van der Waals surface area contributed by atoms with E-state index in [4.69, 9.17) is 0 Å². The molecule has 3 rings (SSSR count). The molecule has 3 aromatic rings. The van der Waals surface area contributed by atoms with Crippen molar-refractivity contribution in [3.63, 3.8) is 0 Å². The number of hydrogen-bond acceptors (Lipinski definition) is 4. The number of para-hydroxylation sites is 1. The number of nitrogens with zero attached hydrogens (tertiary/aromatic N) is 2. The molecule has 0 aliphatic carbocycles. The Hall–Kier alpha value is -2.40. The maximum atomic E-state index is 12.1. The number of carbonyl (C=O) groups excluding carboxylic acids is 1. The fraction of sp³-hybridized carbons (Fsp3) is 0.222. The Kier molecular flexibility index (Phi) is 4.57. The van der Waals surface area contributed by atoms with Gasteiger partial charge >= 0.3 is 0 Å². The van der Waals surface area contributed by atoms with Gasteiger partial charge in [-0.1, -0.05) is 12.1 Å². The van der Waals surface area contributed by atoms with Gasteiger partial charge in [0.05, 0.1) is 15.2 Å². The third-order valence-corrected chi connectivity index (χ3v) is 4.67. The second-order valence-electron chi connectivity index (χ2n) is 5.56. The van der Waals surface area contributed by atoms with Crippen LogP contribution in [0.1, 0.15) is 11.4 Å². The monoisotopic (exact) mass is 325 g/mol. The van der Waals surface area contributed by atoms with Gasteiger partial charge in [0, 0.05) is 38.3 Å². The van der Waals surface area contributed by atoms with Crippen molar-refractivity contribution in [2.75, 3.05) is 24.3 Å². The summed E-state index contributed by atoms with van der Waals surface area (Å²) in [5.41, 5.74) is 2.94. The number of fused-ring (bicyclic) bond motifs is 1. The standard InChI is InChI=1S/C18H19N3OS/c1-21(2)14-9-7-13(8-10-14)19-17(22)11-12-18-20-15-5-3-4-6-16(15)23-18/h3-10H,11-12H2,1-2H3,(H,19,22). The molecule has 0 aliphatic rings. The van der Waals surface area contributed by atoms with Gasteiger partial charge in [-0.25, -0.2) is 4.98 Å². The summed E-state index contributed by atoms with van der Waals surface area (Å²) in [5.74, 6) is 0.0156. The molecule has 118 valence electrons. The van der Waals surface area contributed by atoms with Gasteiger partial charge < -0.3 is 10.2 Å². The number of anilines is 2. The van der Waals surface area contributed by atoms with Crippen LogP contribution in [0, 0.1) is 0 Å². The number of hydrogen-bond donors (Lipinski definition) is 1. The van der Waals surface area contributed by atoms with Gasteiger partial charge in [0.2, 0.25) is 5.91 Å². The number of aryl methyl sites for hydroxylation is 1. The van der Waals surface area contributed by atoms with E-state index >= 15 is 0 Å². The fourth-order valence-electron chi connectivity index (χ4n) is 2.31. The lowest BCUT2D eigenvalue weighted by molar-refractivity contribution is -0.116. The van der Waals surface area contributed by atoms with Crippen molar-refractivity contribution in [2.24, 2.45) is 0 Å². The van der Waals surface area contributed by atoms with Crippen molar-refractivity contribution in [1.82, 2.24) is 4.98 Å². The molecule has 0 aliphatic heterocycles. The van der Waals surface area contributed by atoms with E-state index in [1.54, 1.807) is 11.3 Å². The molecule has 0 fully saturated rings. The molecule has 0 saturated carbocycles. The van der Waals surface area contributed by atoms with Crippen LogP contribution in [-0.2, 0) is 11.2 Å². The van der Waals surface area contributed by atoms with Crippen LogP contribution in [-0.4, -0.2) is 25.0 Å². The quantitative estimate of drug-likeness (QED) is 0.773. The van der Waals surface area contributed by atoms with Crippen molar-refractivity contribution in [3.8, 4) is 0 Å². The molecular formula is C18H19N3OS. The molecule has 1 heterocycles. The van der Waals surface area contributed by atoms with Crippen molar-refractivity contribution in [1.29, 1.82) is 0 Å². The van der Waals surface area contributed by atoms with E-state index in [0.717, 1.165) is 21.9 Å². The third-order valence-electron chi connectivity index (χ3n) is 3.57. The summed E-state index contributed by atoms with van der Waals surface area (Å²) in [4.78, 5) is 18.7. The Balaban J connectivity index is 1.56. The van der Waals surface area contributed by atoms with Crippen LogP contribution in [0.15, 0.2) is 48.5 Å².